The zero-order valence-electron chi connectivity index (χ0n) is 19.7. The largest absolute Gasteiger partial charge is 0.490 e. The maximum absolute atomic E-state index is 13.0. The van der Waals surface area contributed by atoms with Gasteiger partial charge in [-0.1, -0.05) is 23.4 Å². The summed E-state index contributed by atoms with van der Waals surface area (Å²) in [6, 6.07) is 7.99. The first kappa shape index (κ1) is 25.7. The van der Waals surface area contributed by atoms with Gasteiger partial charge in [0.2, 0.25) is 0 Å². The van der Waals surface area contributed by atoms with Gasteiger partial charge in [0.15, 0.2) is 0 Å². The number of nitrogens with zero attached hydrogens (tertiary/aromatic N) is 5. The molecule has 0 aliphatic carbocycles. The van der Waals surface area contributed by atoms with Crippen LogP contribution in [0.5, 0.6) is 0 Å². The van der Waals surface area contributed by atoms with E-state index in [-0.39, 0.29) is 5.91 Å². The highest BCUT2D eigenvalue weighted by Crippen LogP contribution is 2.24. The monoisotopic (exact) mass is 506 g/mol. The van der Waals surface area contributed by atoms with Crippen LogP contribution < -0.4 is 0 Å². The number of H-pyrrole nitrogens is 1. The van der Waals surface area contributed by atoms with Gasteiger partial charge in [-0.05, 0) is 50.8 Å². The Balaban J connectivity index is 0.000000384. The first-order chi connectivity index (χ1) is 17.2. The molecule has 2 aromatic heterocycles. The van der Waals surface area contributed by atoms with E-state index in [4.69, 9.17) is 9.90 Å². The Bertz CT molecular complexity index is 1180. The second-order valence-corrected chi connectivity index (χ2v) is 9.20. The van der Waals surface area contributed by atoms with E-state index in [0.29, 0.717) is 5.92 Å². The number of halogens is 3. The molecule has 12 heteroatoms. The number of fused-ring (bicyclic) bond motifs is 1. The third kappa shape index (κ3) is 6.42. The van der Waals surface area contributed by atoms with Crippen molar-refractivity contribution in [2.24, 2.45) is 5.92 Å². The van der Waals surface area contributed by atoms with Crippen LogP contribution >= 0.6 is 0 Å². The first-order valence-electron chi connectivity index (χ1n) is 12.0. The lowest BCUT2D eigenvalue weighted by Gasteiger charge is -2.31. The first-order valence-corrected chi connectivity index (χ1v) is 12.0. The molecule has 36 heavy (non-hydrogen) atoms. The van der Waals surface area contributed by atoms with Gasteiger partial charge in [-0.3, -0.25) is 14.4 Å². The van der Waals surface area contributed by atoms with Gasteiger partial charge in [-0.25, -0.2) is 4.79 Å². The molecule has 194 valence electrons. The number of carbonyl (C=O) groups is 2. The second kappa shape index (κ2) is 11.1. The van der Waals surface area contributed by atoms with E-state index in [2.05, 4.69) is 26.4 Å². The van der Waals surface area contributed by atoms with Gasteiger partial charge in [0.1, 0.15) is 0 Å². The fourth-order valence-electron chi connectivity index (χ4n) is 4.67. The van der Waals surface area contributed by atoms with Crippen molar-refractivity contribution < 1.29 is 27.9 Å². The van der Waals surface area contributed by atoms with Crippen molar-refractivity contribution in [3.05, 3.63) is 47.9 Å². The molecule has 0 saturated carbocycles. The van der Waals surface area contributed by atoms with E-state index in [1.165, 1.54) is 25.9 Å². The topological polar surface area (TPSA) is 107 Å². The number of carboxylic acids is 1. The third-order valence-corrected chi connectivity index (χ3v) is 6.58. The van der Waals surface area contributed by atoms with Crippen molar-refractivity contribution in [3.63, 3.8) is 0 Å². The zero-order valence-corrected chi connectivity index (χ0v) is 19.7. The van der Waals surface area contributed by atoms with E-state index >= 15 is 0 Å². The smallest absolute Gasteiger partial charge is 0.475 e. The van der Waals surface area contributed by atoms with Crippen LogP contribution in [0.25, 0.3) is 10.9 Å². The average molecular weight is 507 g/mol. The lowest BCUT2D eigenvalue weighted by Crippen LogP contribution is -2.39. The van der Waals surface area contributed by atoms with Gasteiger partial charge in [-0.2, -0.15) is 13.2 Å². The van der Waals surface area contributed by atoms with Crippen molar-refractivity contribution >= 4 is 22.8 Å². The highest BCUT2D eigenvalue weighted by molar-refractivity contribution is 6.06. The van der Waals surface area contributed by atoms with Crippen molar-refractivity contribution in [1.82, 2.24) is 29.8 Å². The van der Waals surface area contributed by atoms with Gasteiger partial charge in [-0.15, -0.1) is 5.10 Å². The molecule has 9 nitrogen and oxygen atoms in total. The number of aromatic nitrogens is 4. The molecule has 0 unspecified atom stereocenters. The van der Waals surface area contributed by atoms with Crippen LogP contribution in [0.3, 0.4) is 0 Å². The highest BCUT2D eigenvalue weighted by atomic mass is 19.4. The molecular formula is C24H29F3N6O3. The minimum absolute atomic E-state index is 0.134. The lowest BCUT2D eigenvalue weighted by atomic mass is 9.96. The molecule has 0 radical (unpaired) electrons. The summed E-state index contributed by atoms with van der Waals surface area (Å²) >= 11 is 0. The maximum Gasteiger partial charge on any atom is 0.490 e. The molecule has 2 saturated heterocycles. The number of rotatable bonds is 5. The van der Waals surface area contributed by atoms with Crippen LogP contribution in [-0.4, -0.2) is 79.1 Å². The highest BCUT2D eigenvalue weighted by Gasteiger charge is 2.38. The van der Waals surface area contributed by atoms with Crippen molar-refractivity contribution in [1.29, 1.82) is 0 Å². The number of alkyl halides is 3. The summed E-state index contributed by atoms with van der Waals surface area (Å²) < 4.78 is 33.7. The van der Waals surface area contributed by atoms with Crippen LogP contribution in [0.15, 0.2) is 36.7 Å². The molecule has 2 N–H and O–H groups in total. The molecule has 1 aromatic carbocycles. The standard InChI is InChI=1S/C22H28N6O.C2HF3O2/c29-22(20-13-23-21-6-2-1-5-19(20)21)27-11-7-17(8-12-27)14-28-16-18(24-25-28)15-26-9-3-4-10-26;3-2(4,5)1(6)7/h1-2,5-6,13,16-17,23H,3-4,7-12,14-15H2;(H,6,7). The fraction of sp³-hybridized carbons (Fsp3) is 0.500. The van der Waals surface area contributed by atoms with Crippen LogP contribution in [0.4, 0.5) is 13.2 Å². The SMILES string of the molecule is O=C(O)C(F)(F)F.O=C(c1c[nH]c2ccccc12)N1CCC(Cn2cc(CN3CCCC3)nn2)CC1. The summed E-state index contributed by atoms with van der Waals surface area (Å²) in [7, 11) is 0. The molecule has 2 aliphatic rings. The maximum atomic E-state index is 13.0. The van der Waals surface area contributed by atoms with E-state index in [9.17, 15) is 18.0 Å². The number of benzene rings is 1. The Kier molecular flexibility index (Phi) is 7.92. The molecule has 0 bridgehead atoms. The molecule has 2 fully saturated rings. The van der Waals surface area contributed by atoms with Crippen molar-refractivity contribution in [3.8, 4) is 0 Å². The predicted octanol–water partition coefficient (Wildman–Crippen LogP) is 3.54. The van der Waals surface area contributed by atoms with E-state index < -0.39 is 12.1 Å². The van der Waals surface area contributed by atoms with Crippen LogP contribution in [0.2, 0.25) is 0 Å². The van der Waals surface area contributed by atoms with Gasteiger partial charge in [0.25, 0.3) is 5.91 Å². The molecule has 4 heterocycles. The second-order valence-electron chi connectivity index (χ2n) is 9.20. The summed E-state index contributed by atoms with van der Waals surface area (Å²) in [5.41, 5.74) is 2.86. The van der Waals surface area contributed by atoms with Crippen LogP contribution in [-0.2, 0) is 17.9 Å². The molecule has 0 atom stereocenters. The third-order valence-electron chi connectivity index (χ3n) is 6.58. The summed E-state index contributed by atoms with van der Waals surface area (Å²) in [5.74, 6) is -2.08. The summed E-state index contributed by atoms with van der Waals surface area (Å²) in [5, 5.41) is 16.8. The molecular weight excluding hydrogens is 477 g/mol. The number of para-hydroxylation sites is 1. The average Bonchev–Trinajstić information content (AvgIpc) is 3.61. The zero-order chi connectivity index (χ0) is 25.7. The fourth-order valence-corrected chi connectivity index (χ4v) is 4.67. The quantitative estimate of drug-likeness (QED) is 0.548. The molecule has 3 aromatic rings. The number of aromatic amines is 1. The number of carbonyl (C=O) groups excluding carboxylic acids is 1. The minimum Gasteiger partial charge on any atom is -0.475 e. The Hall–Kier alpha value is -3.41. The number of carboxylic acid groups (broad SMARTS) is 1. The number of hydrogen-bond donors (Lipinski definition) is 2. The Labute approximate surface area is 205 Å². The van der Waals surface area contributed by atoms with Gasteiger partial charge >= 0.3 is 12.1 Å². The molecule has 0 spiro atoms. The van der Waals surface area contributed by atoms with E-state index in [1.807, 2.05) is 40.0 Å². The minimum atomic E-state index is -5.08. The predicted molar refractivity (Wildman–Crippen MR) is 125 cm³/mol. The number of nitrogens with one attached hydrogen (secondary N) is 1. The van der Waals surface area contributed by atoms with Gasteiger partial charge in [0, 0.05) is 49.5 Å². The lowest BCUT2D eigenvalue weighted by molar-refractivity contribution is -0.192. The number of hydrogen-bond acceptors (Lipinski definition) is 5. The Morgan fingerprint density at radius 1 is 1.08 bits per heavy atom. The van der Waals surface area contributed by atoms with Gasteiger partial charge < -0.3 is 15.0 Å². The molecule has 1 amide bonds. The number of piperidine rings is 1. The summed E-state index contributed by atoms with van der Waals surface area (Å²) in [6.07, 6.45) is 3.47. The molecule has 5 rings (SSSR count). The Morgan fingerprint density at radius 2 is 1.75 bits per heavy atom. The number of aliphatic carboxylic acids is 1. The molecule has 2 aliphatic heterocycles. The van der Waals surface area contributed by atoms with E-state index in [1.54, 1.807) is 0 Å². The summed E-state index contributed by atoms with van der Waals surface area (Å²) in [4.78, 5) is 29.5. The number of likely N-dealkylation sites (tertiary alicyclic amines) is 2. The number of amides is 1. The van der Waals surface area contributed by atoms with Crippen molar-refractivity contribution in [2.75, 3.05) is 26.2 Å². The summed E-state index contributed by atoms with van der Waals surface area (Å²) in [6.45, 7) is 5.77. The van der Waals surface area contributed by atoms with Crippen LogP contribution in [0, 0.1) is 5.92 Å². The van der Waals surface area contributed by atoms with E-state index in [0.717, 1.165) is 61.2 Å². The van der Waals surface area contributed by atoms with Gasteiger partial charge in [0.05, 0.1) is 11.3 Å². The Morgan fingerprint density at radius 3 is 2.42 bits per heavy atom. The normalized spacial score (nSPS) is 17.2. The van der Waals surface area contributed by atoms with Crippen LogP contribution in [0.1, 0.15) is 41.7 Å². The van der Waals surface area contributed by atoms with Crippen molar-refractivity contribution in [2.45, 2.75) is 44.9 Å².